The lowest BCUT2D eigenvalue weighted by Gasteiger charge is -2.07. The fourth-order valence-corrected chi connectivity index (χ4v) is 1.58. The van der Waals surface area contributed by atoms with Crippen LogP contribution in [0.3, 0.4) is 0 Å². The first-order valence-corrected chi connectivity index (χ1v) is 7.00. The van der Waals surface area contributed by atoms with Gasteiger partial charge in [-0.25, -0.2) is 9.37 Å². The van der Waals surface area contributed by atoms with Gasteiger partial charge in [0.25, 0.3) is 5.91 Å². The molecule has 22 heavy (non-hydrogen) atoms. The summed E-state index contributed by atoms with van der Waals surface area (Å²) in [7, 11) is 0. The van der Waals surface area contributed by atoms with E-state index in [0.29, 0.717) is 12.1 Å². The van der Waals surface area contributed by atoms with Gasteiger partial charge in [0.05, 0.1) is 5.56 Å². The lowest BCUT2D eigenvalue weighted by atomic mass is 10.2. The van der Waals surface area contributed by atoms with Gasteiger partial charge < -0.3 is 15.5 Å². The lowest BCUT2D eigenvalue weighted by Crippen LogP contribution is -2.25. The number of aromatic nitrogens is 1. The number of carbonyl (C=O) groups excluding carboxylic acids is 1. The Morgan fingerprint density at radius 2 is 2.32 bits per heavy atom. The lowest BCUT2D eigenvalue weighted by molar-refractivity contribution is 0.0957. The summed E-state index contributed by atoms with van der Waals surface area (Å²) in [5.74, 6) is 0.00907. The molecule has 1 rings (SSSR count). The molecule has 1 amide bonds. The number of halogens is 1. The normalized spacial score (nSPS) is 11.5. The minimum atomic E-state index is -0.586. The first-order valence-electron chi connectivity index (χ1n) is 7.00. The number of hydrogen-bond acceptors (Lipinski definition) is 4. The third kappa shape index (κ3) is 6.30. The van der Waals surface area contributed by atoms with Crippen molar-refractivity contribution in [1.82, 2.24) is 10.3 Å². The molecule has 0 unspecified atom stereocenters. The molecule has 0 radical (unpaired) electrons. The smallest absolute Gasteiger partial charge is 0.253 e. The summed E-state index contributed by atoms with van der Waals surface area (Å²) in [5.41, 5.74) is 1.22. The number of alkyl halides is 1. The van der Waals surface area contributed by atoms with Crippen molar-refractivity contribution in [2.75, 3.05) is 19.8 Å². The third-order valence-electron chi connectivity index (χ3n) is 2.64. The van der Waals surface area contributed by atoms with Gasteiger partial charge in [-0.15, -0.1) is 0 Å². The highest BCUT2D eigenvalue weighted by Crippen LogP contribution is 2.07. The number of nitrogens with one attached hydrogen (secondary N) is 2. The van der Waals surface area contributed by atoms with Crippen LogP contribution < -0.4 is 10.1 Å². The second-order valence-corrected chi connectivity index (χ2v) is 4.32. The van der Waals surface area contributed by atoms with Gasteiger partial charge in [-0.3, -0.25) is 4.79 Å². The minimum Gasteiger partial charge on any atom is -0.475 e. The van der Waals surface area contributed by atoms with Crippen LogP contribution >= 0.6 is 0 Å². The molecule has 118 valence electrons. The average Bonchev–Trinajstić information content (AvgIpc) is 2.55. The fraction of sp³-hybridized carbons (Fsp3) is 0.312. The van der Waals surface area contributed by atoms with E-state index in [-0.39, 0.29) is 18.4 Å². The van der Waals surface area contributed by atoms with Gasteiger partial charge in [0.2, 0.25) is 5.88 Å². The van der Waals surface area contributed by atoms with E-state index in [0.717, 1.165) is 12.0 Å². The summed E-state index contributed by atoms with van der Waals surface area (Å²) < 4.78 is 17.0. The molecule has 1 aromatic heterocycles. The summed E-state index contributed by atoms with van der Waals surface area (Å²) in [4.78, 5) is 15.9. The van der Waals surface area contributed by atoms with Crippen molar-refractivity contribution < 1.29 is 13.9 Å². The van der Waals surface area contributed by atoms with Crippen LogP contribution in [0, 0.1) is 5.41 Å². The van der Waals surface area contributed by atoms with E-state index >= 15 is 0 Å². The molecule has 0 atom stereocenters. The average molecular weight is 305 g/mol. The van der Waals surface area contributed by atoms with Gasteiger partial charge in [-0.05, 0) is 24.1 Å². The van der Waals surface area contributed by atoms with Crippen molar-refractivity contribution in [3.8, 4) is 5.88 Å². The molecule has 6 heteroatoms. The number of hydrogen-bond donors (Lipinski definition) is 2. The summed E-state index contributed by atoms with van der Waals surface area (Å²) in [5, 5.41) is 9.85. The number of allylic oxidation sites excluding steroid dienone is 2. The van der Waals surface area contributed by atoms with E-state index in [9.17, 15) is 9.18 Å². The molecule has 0 aromatic carbocycles. The molecule has 0 aliphatic rings. The van der Waals surface area contributed by atoms with Crippen molar-refractivity contribution in [2.24, 2.45) is 0 Å². The van der Waals surface area contributed by atoms with Gasteiger partial charge in [0, 0.05) is 25.0 Å². The van der Waals surface area contributed by atoms with E-state index in [4.69, 9.17) is 10.1 Å². The maximum Gasteiger partial charge on any atom is 0.253 e. The van der Waals surface area contributed by atoms with Crippen LogP contribution in [-0.2, 0) is 0 Å². The molecule has 5 nitrogen and oxygen atoms in total. The zero-order valence-electron chi connectivity index (χ0n) is 12.5. The highest BCUT2D eigenvalue weighted by atomic mass is 19.1. The largest absolute Gasteiger partial charge is 0.475 e. The van der Waals surface area contributed by atoms with E-state index in [1.807, 2.05) is 19.1 Å². The van der Waals surface area contributed by atoms with E-state index in [1.165, 1.54) is 18.5 Å². The number of ether oxygens (including phenoxy) is 1. The Balaban J connectivity index is 2.58. The minimum absolute atomic E-state index is 0.0555. The molecule has 0 aliphatic carbocycles. The first kappa shape index (κ1) is 17.6. The van der Waals surface area contributed by atoms with Gasteiger partial charge in [-0.1, -0.05) is 19.1 Å². The fourth-order valence-electron chi connectivity index (χ4n) is 1.58. The Morgan fingerprint density at radius 3 is 2.91 bits per heavy atom. The maximum atomic E-state index is 12.0. The van der Waals surface area contributed by atoms with Crippen molar-refractivity contribution >= 4 is 12.1 Å². The van der Waals surface area contributed by atoms with Crippen LogP contribution in [-0.4, -0.2) is 36.9 Å². The third-order valence-corrected chi connectivity index (χ3v) is 2.64. The van der Waals surface area contributed by atoms with Crippen molar-refractivity contribution in [1.29, 1.82) is 5.41 Å². The molecule has 1 heterocycles. The van der Waals surface area contributed by atoms with Crippen LogP contribution in [0.4, 0.5) is 4.39 Å². The number of carbonyl (C=O) groups is 1. The molecule has 0 saturated heterocycles. The molecule has 0 spiro atoms. The molecular formula is C16H20FN3O2. The quantitative estimate of drug-likeness (QED) is 0.544. The Morgan fingerprint density at radius 1 is 1.50 bits per heavy atom. The van der Waals surface area contributed by atoms with Gasteiger partial charge in [0.15, 0.2) is 0 Å². The summed E-state index contributed by atoms with van der Waals surface area (Å²) in [6.07, 6.45) is 8.90. The topological polar surface area (TPSA) is 75.1 Å². The highest BCUT2D eigenvalue weighted by molar-refractivity contribution is 5.94. The first-order chi connectivity index (χ1) is 10.7. The van der Waals surface area contributed by atoms with Crippen molar-refractivity contribution in [3.05, 3.63) is 47.7 Å². The second kappa shape index (κ2) is 10.3. The Hall–Kier alpha value is -2.50. The second-order valence-electron chi connectivity index (χ2n) is 4.32. The Bertz CT molecular complexity index is 539. The number of nitrogens with zero attached hydrogens (tertiary/aromatic N) is 1. The van der Waals surface area contributed by atoms with E-state index < -0.39 is 6.67 Å². The highest BCUT2D eigenvalue weighted by Gasteiger charge is 2.06. The molecule has 1 aromatic rings. The maximum absolute atomic E-state index is 12.0. The molecule has 0 aliphatic heterocycles. The van der Waals surface area contributed by atoms with Crippen LogP contribution in [0.2, 0.25) is 0 Å². The molecule has 0 saturated carbocycles. The SMILES string of the molecule is CC/C=C/C(=C\C=N)CNC(=O)c1ccc(OCCF)nc1. The summed E-state index contributed by atoms with van der Waals surface area (Å²) >= 11 is 0. The number of amides is 1. The monoisotopic (exact) mass is 305 g/mol. The van der Waals surface area contributed by atoms with Crippen LogP contribution in [0.15, 0.2) is 42.1 Å². The van der Waals surface area contributed by atoms with E-state index in [1.54, 1.807) is 12.1 Å². The standard InChI is InChI=1S/C16H20FN3O2/c1-2-3-4-13(7-9-18)11-20-16(21)14-5-6-15(19-12-14)22-10-8-17/h3-7,9,12,18H,2,8,10-11H2,1H3,(H,20,21)/b4-3+,13-7+,18-9?. The Kier molecular flexibility index (Phi) is 8.18. The van der Waals surface area contributed by atoms with Crippen molar-refractivity contribution in [3.63, 3.8) is 0 Å². The zero-order valence-corrected chi connectivity index (χ0v) is 12.5. The van der Waals surface area contributed by atoms with Crippen LogP contribution in [0.25, 0.3) is 0 Å². The predicted octanol–water partition coefficient (Wildman–Crippen LogP) is 2.70. The van der Waals surface area contributed by atoms with Crippen LogP contribution in [0.1, 0.15) is 23.7 Å². The van der Waals surface area contributed by atoms with Crippen LogP contribution in [0.5, 0.6) is 5.88 Å². The van der Waals surface area contributed by atoms with Crippen molar-refractivity contribution in [2.45, 2.75) is 13.3 Å². The van der Waals surface area contributed by atoms with Gasteiger partial charge >= 0.3 is 0 Å². The van der Waals surface area contributed by atoms with Gasteiger partial charge in [-0.2, -0.15) is 0 Å². The zero-order chi connectivity index (χ0) is 16.2. The molecule has 0 fully saturated rings. The number of rotatable bonds is 9. The summed E-state index contributed by atoms with van der Waals surface area (Å²) in [6, 6.07) is 3.09. The Labute approximate surface area is 129 Å². The van der Waals surface area contributed by atoms with E-state index in [2.05, 4.69) is 10.3 Å². The predicted molar refractivity (Wildman–Crippen MR) is 84.3 cm³/mol. The summed E-state index contributed by atoms with van der Waals surface area (Å²) in [6.45, 7) is 1.69. The molecular weight excluding hydrogens is 285 g/mol. The number of pyridine rings is 1. The molecule has 0 bridgehead atoms. The van der Waals surface area contributed by atoms with Gasteiger partial charge in [0.1, 0.15) is 13.3 Å². The molecule has 2 N–H and O–H groups in total.